The molecule has 0 heterocycles. The standard InChI is InChI=1S/C25H34O5/c1-4-21-18(2)23(28-15-19-11-7-5-8-12-19)25(24(22(21)26)30-17-27-3)29-16-20-13-9-6-10-14-20/h5-14,18,21-26H,4,15-17H2,1-3H3/t18-,21-,22+,23+,24-,25-/m1/s1. The summed E-state index contributed by atoms with van der Waals surface area (Å²) in [6.07, 6.45) is -0.930. The molecule has 1 aliphatic rings. The molecule has 5 heteroatoms. The van der Waals surface area contributed by atoms with Crippen molar-refractivity contribution >= 4 is 0 Å². The quantitative estimate of drug-likeness (QED) is 0.591. The molecule has 0 unspecified atom stereocenters. The maximum Gasteiger partial charge on any atom is 0.146 e. The van der Waals surface area contributed by atoms with Crippen molar-refractivity contribution in [2.75, 3.05) is 13.9 Å². The fourth-order valence-electron chi connectivity index (χ4n) is 4.40. The summed E-state index contributed by atoms with van der Waals surface area (Å²) < 4.78 is 23.8. The smallest absolute Gasteiger partial charge is 0.146 e. The van der Waals surface area contributed by atoms with Gasteiger partial charge in [0.05, 0.1) is 25.4 Å². The van der Waals surface area contributed by atoms with E-state index in [9.17, 15) is 5.11 Å². The first-order valence-corrected chi connectivity index (χ1v) is 10.7. The van der Waals surface area contributed by atoms with E-state index in [1.165, 1.54) is 0 Å². The van der Waals surface area contributed by atoms with E-state index in [-0.39, 0.29) is 24.7 Å². The Morgan fingerprint density at radius 1 is 0.767 bits per heavy atom. The average Bonchev–Trinajstić information content (AvgIpc) is 2.78. The second-order valence-electron chi connectivity index (χ2n) is 7.98. The average molecular weight is 415 g/mol. The van der Waals surface area contributed by atoms with Crippen LogP contribution in [0.5, 0.6) is 0 Å². The van der Waals surface area contributed by atoms with Crippen molar-refractivity contribution in [2.45, 2.75) is 57.9 Å². The Kier molecular flexibility index (Phi) is 8.85. The van der Waals surface area contributed by atoms with Gasteiger partial charge in [-0.25, -0.2) is 0 Å². The molecule has 0 radical (unpaired) electrons. The van der Waals surface area contributed by atoms with Gasteiger partial charge in [0.1, 0.15) is 19.0 Å². The molecular formula is C25H34O5. The zero-order valence-corrected chi connectivity index (χ0v) is 18.1. The number of ether oxygens (including phenoxy) is 4. The Labute approximate surface area is 179 Å². The molecule has 0 aliphatic heterocycles. The van der Waals surface area contributed by atoms with Crippen LogP contribution in [0.1, 0.15) is 31.4 Å². The van der Waals surface area contributed by atoms with E-state index in [1.807, 2.05) is 48.5 Å². The Hall–Kier alpha value is -1.76. The van der Waals surface area contributed by atoms with Gasteiger partial charge in [-0.05, 0) is 23.0 Å². The van der Waals surface area contributed by atoms with Crippen LogP contribution in [-0.4, -0.2) is 43.4 Å². The normalized spacial score (nSPS) is 29.1. The Bertz CT molecular complexity index is 723. The molecule has 6 atom stereocenters. The number of methoxy groups -OCH3 is 1. The van der Waals surface area contributed by atoms with Crippen LogP contribution in [0.2, 0.25) is 0 Å². The van der Waals surface area contributed by atoms with Crippen molar-refractivity contribution in [1.29, 1.82) is 0 Å². The van der Waals surface area contributed by atoms with Crippen LogP contribution in [0.4, 0.5) is 0 Å². The van der Waals surface area contributed by atoms with E-state index >= 15 is 0 Å². The number of rotatable bonds is 10. The molecular weight excluding hydrogens is 380 g/mol. The lowest BCUT2D eigenvalue weighted by molar-refractivity contribution is -0.247. The van der Waals surface area contributed by atoms with E-state index in [1.54, 1.807) is 7.11 Å². The lowest BCUT2D eigenvalue weighted by atomic mass is 9.72. The molecule has 0 spiro atoms. The molecule has 1 N–H and O–H groups in total. The van der Waals surface area contributed by atoms with Gasteiger partial charge >= 0.3 is 0 Å². The molecule has 30 heavy (non-hydrogen) atoms. The molecule has 1 saturated carbocycles. The maximum atomic E-state index is 11.1. The van der Waals surface area contributed by atoms with Crippen LogP contribution in [-0.2, 0) is 32.2 Å². The Morgan fingerprint density at radius 2 is 1.30 bits per heavy atom. The molecule has 2 aromatic rings. The topological polar surface area (TPSA) is 57.2 Å². The van der Waals surface area contributed by atoms with E-state index < -0.39 is 18.3 Å². The third-order valence-corrected chi connectivity index (χ3v) is 6.04. The number of benzene rings is 2. The molecule has 0 bridgehead atoms. The summed E-state index contributed by atoms with van der Waals surface area (Å²) in [5.41, 5.74) is 2.18. The third kappa shape index (κ3) is 5.68. The Balaban J connectivity index is 1.81. The first kappa shape index (κ1) is 22.9. The van der Waals surface area contributed by atoms with Gasteiger partial charge < -0.3 is 24.1 Å². The zero-order valence-electron chi connectivity index (χ0n) is 18.1. The minimum Gasteiger partial charge on any atom is -0.390 e. The summed E-state index contributed by atoms with van der Waals surface area (Å²) in [6, 6.07) is 20.2. The van der Waals surface area contributed by atoms with Crippen molar-refractivity contribution in [1.82, 2.24) is 0 Å². The number of hydrogen-bond acceptors (Lipinski definition) is 5. The van der Waals surface area contributed by atoms with Gasteiger partial charge in [0.15, 0.2) is 0 Å². The molecule has 1 aliphatic carbocycles. The second kappa shape index (κ2) is 11.6. The third-order valence-electron chi connectivity index (χ3n) is 6.04. The maximum absolute atomic E-state index is 11.1. The van der Waals surface area contributed by atoms with Crippen molar-refractivity contribution < 1.29 is 24.1 Å². The van der Waals surface area contributed by atoms with Crippen LogP contribution in [0.15, 0.2) is 60.7 Å². The summed E-state index contributed by atoms with van der Waals surface area (Å²) in [5.74, 6) is 0.182. The van der Waals surface area contributed by atoms with Gasteiger partial charge in [-0.3, -0.25) is 0 Å². The van der Waals surface area contributed by atoms with Crippen LogP contribution in [0, 0.1) is 11.8 Å². The predicted octanol–water partition coefficient (Wildman–Crippen LogP) is 4.18. The van der Waals surface area contributed by atoms with Crippen LogP contribution >= 0.6 is 0 Å². The molecule has 2 aromatic carbocycles. The lowest BCUT2D eigenvalue weighted by Gasteiger charge is -2.48. The molecule has 164 valence electrons. The second-order valence-corrected chi connectivity index (χ2v) is 7.98. The van der Waals surface area contributed by atoms with Crippen molar-refractivity contribution in [3.05, 3.63) is 71.8 Å². The SMILES string of the molecule is CC[C@@H]1[C@@H](C)[C@H](OCc2ccccc2)[C@@H](OCc2ccccc2)[C@H](OCOC)[C@H]1O. The highest BCUT2D eigenvalue weighted by Crippen LogP contribution is 2.38. The minimum atomic E-state index is -0.641. The van der Waals surface area contributed by atoms with Gasteiger partial charge in [-0.1, -0.05) is 80.9 Å². The van der Waals surface area contributed by atoms with E-state index in [2.05, 4.69) is 26.0 Å². The molecule has 1 fully saturated rings. The summed E-state index contributed by atoms with van der Waals surface area (Å²) in [7, 11) is 1.58. The lowest BCUT2D eigenvalue weighted by Crippen LogP contribution is -2.60. The molecule has 5 nitrogen and oxygen atoms in total. The predicted molar refractivity (Wildman–Crippen MR) is 116 cm³/mol. The van der Waals surface area contributed by atoms with Crippen LogP contribution < -0.4 is 0 Å². The van der Waals surface area contributed by atoms with Crippen molar-refractivity contribution in [3.8, 4) is 0 Å². The summed E-state index contributed by atoms with van der Waals surface area (Å²) in [6.45, 7) is 5.25. The number of aliphatic hydroxyl groups is 1. The number of hydrogen-bond donors (Lipinski definition) is 1. The highest BCUT2D eigenvalue weighted by atomic mass is 16.7. The summed E-state index contributed by atoms with van der Waals surface area (Å²) in [5, 5.41) is 11.1. The van der Waals surface area contributed by atoms with E-state index in [4.69, 9.17) is 18.9 Å². The summed E-state index contributed by atoms with van der Waals surface area (Å²) in [4.78, 5) is 0. The van der Waals surface area contributed by atoms with Gasteiger partial charge in [0, 0.05) is 7.11 Å². The van der Waals surface area contributed by atoms with Gasteiger partial charge in [0.25, 0.3) is 0 Å². The van der Waals surface area contributed by atoms with Crippen LogP contribution in [0.25, 0.3) is 0 Å². The highest BCUT2D eigenvalue weighted by molar-refractivity contribution is 5.15. The zero-order chi connectivity index (χ0) is 21.3. The first-order valence-electron chi connectivity index (χ1n) is 10.7. The van der Waals surface area contributed by atoms with Gasteiger partial charge in [-0.2, -0.15) is 0 Å². The fourth-order valence-corrected chi connectivity index (χ4v) is 4.40. The van der Waals surface area contributed by atoms with Crippen molar-refractivity contribution in [3.63, 3.8) is 0 Å². The monoisotopic (exact) mass is 414 g/mol. The van der Waals surface area contributed by atoms with E-state index in [0.717, 1.165) is 17.5 Å². The molecule has 0 aromatic heterocycles. The first-order chi connectivity index (χ1) is 14.7. The van der Waals surface area contributed by atoms with Crippen molar-refractivity contribution in [2.24, 2.45) is 11.8 Å². The largest absolute Gasteiger partial charge is 0.390 e. The van der Waals surface area contributed by atoms with Gasteiger partial charge in [-0.15, -0.1) is 0 Å². The minimum absolute atomic E-state index is 0.0594. The molecule has 0 amide bonds. The fraction of sp³-hybridized carbons (Fsp3) is 0.520. The van der Waals surface area contributed by atoms with E-state index in [0.29, 0.717) is 13.2 Å². The van der Waals surface area contributed by atoms with Crippen LogP contribution in [0.3, 0.4) is 0 Å². The summed E-state index contributed by atoms with van der Waals surface area (Å²) >= 11 is 0. The van der Waals surface area contributed by atoms with Gasteiger partial charge in [0.2, 0.25) is 0 Å². The molecule has 0 saturated heterocycles. The Morgan fingerprint density at radius 3 is 1.80 bits per heavy atom. The number of aliphatic hydroxyl groups excluding tert-OH is 1. The highest BCUT2D eigenvalue weighted by Gasteiger charge is 2.49. The molecule has 3 rings (SSSR count).